The quantitative estimate of drug-likeness (QED) is 0.207. The highest BCUT2D eigenvalue weighted by Crippen LogP contribution is 2.23. The van der Waals surface area contributed by atoms with Crippen LogP contribution in [0.15, 0.2) is 23.2 Å². The molecule has 1 aliphatic heterocycles. The van der Waals surface area contributed by atoms with E-state index in [4.69, 9.17) is 9.47 Å². The number of hydrogen-bond acceptors (Lipinski definition) is 4. The average Bonchev–Trinajstić information content (AvgIpc) is 3.17. The summed E-state index contributed by atoms with van der Waals surface area (Å²) >= 11 is 0. The first-order valence-electron chi connectivity index (χ1n) is 10.9. The molecule has 30 heavy (non-hydrogen) atoms. The van der Waals surface area contributed by atoms with Crippen LogP contribution in [0.4, 0.5) is 0 Å². The van der Waals surface area contributed by atoms with Crippen molar-refractivity contribution < 1.29 is 9.47 Å². The Labute approximate surface area is 200 Å². The third-order valence-corrected chi connectivity index (χ3v) is 5.29. The predicted molar refractivity (Wildman–Crippen MR) is 136 cm³/mol. The van der Waals surface area contributed by atoms with Crippen LogP contribution < -0.4 is 15.4 Å². The molecule has 1 heterocycles. The van der Waals surface area contributed by atoms with E-state index < -0.39 is 0 Å². The van der Waals surface area contributed by atoms with E-state index in [-0.39, 0.29) is 30.1 Å². The predicted octanol–water partition coefficient (Wildman–Crippen LogP) is 3.95. The Balaban J connectivity index is 0.00000450. The van der Waals surface area contributed by atoms with E-state index in [1.54, 1.807) is 0 Å². The van der Waals surface area contributed by atoms with Crippen LogP contribution in [0.2, 0.25) is 0 Å². The van der Waals surface area contributed by atoms with Crippen LogP contribution >= 0.6 is 24.0 Å². The van der Waals surface area contributed by atoms with Gasteiger partial charge in [-0.15, -0.1) is 24.0 Å². The Kier molecular flexibility index (Phi) is 12.7. The highest BCUT2D eigenvalue weighted by molar-refractivity contribution is 14.0. The molecule has 0 spiro atoms. The topological polar surface area (TPSA) is 58.1 Å². The van der Waals surface area contributed by atoms with Crippen molar-refractivity contribution in [3.8, 4) is 5.75 Å². The average molecular weight is 533 g/mol. The molecule has 0 amide bonds. The number of aryl methyl sites for hydroxylation is 1. The summed E-state index contributed by atoms with van der Waals surface area (Å²) in [5.41, 5.74) is 2.33. The molecule has 172 valence electrons. The molecular weight excluding hydrogens is 491 g/mol. The molecule has 1 aromatic rings. The van der Waals surface area contributed by atoms with Crippen molar-refractivity contribution in [2.45, 2.75) is 72.2 Å². The lowest BCUT2D eigenvalue weighted by atomic mass is 10.1. The van der Waals surface area contributed by atoms with Crippen molar-refractivity contribution in [2.24, 2.45) is 4.99 Å². The zero-order valence-corrected chi connectivity index (χ0v) is 21.9. The van der Waals surface area contributed by atoms with Gasteiger partial charge in [0.15, 0.2) is 5.96 Å². The van der Waals surface area contributed by atoms with E-state index >= 15 is 0 Å². The van der Waals surface area contributed by atoms with Crippen LogP contribution in [0.1, 0.15) is 51.7 Å². The first-order valence-corrected chi connectivity index (χ1v) is 10.9. The summed E-state index contributed by atoms with van der Waals surface area (Å²) in [5, 5.41) is 6.85. The third-order valence-electron chi connectivity index (χ3n) is 5.29. The lowest BCUT2D eigenvalue weighted by Crippen LogP contribution is -2.41. The summed E-state index contributed by atoms with van der Waals surface area (Å²) in [5.74, 6) is 1.76. The largest absolute Gasteiger partial charge is 0.488 e. The van der Waals surface area contributed by atoms with Gasteiger partial charge in [-0.2, -0.15) is 0 Å². The van der Waals surface area contributed by atoms with Crippen molar-refractivity contribution in [2.75, 3.05) is 33.4 Å². The van der Waals surface area contributed by atoms with Crippen LogP contribution in [-0.4, -0.2) is 62.4 Å². The van der Waals surface area contributed by atoms with Crippen LogP contribution in [0.25, 0.3) is 0 Å². The van der Waals surface area contributed by atoms with Gasteiger partial charge < -0.3 is 20.1 Å². The van der Waals surface area contributed by atoms with Crippen LogP contribution in [-0.2, 0) is 11.3 Å². The lowest BCUT2D eigenvalue weighted by molar-refractivity contribution is 0.140. The van der Waals surface area contributed by atoms with Gasteiger partial charge in [-0.1, -0.05) is 12.1 Å². The maximum Gasteiger partial charge on any atom is 0.191 e. The monoisotopic (exact) mass is 532 g/mol. The normalized spacial score (nSPS) is 16.8. The fourth-order valence-electron chi connectivity index (χ4n) is 3.68. The summed E-state index contributed by atoms with van der Waals surface area (Å²) < 4.78 is 11.6. The molecule has 2 N–H and O–H groups in total. The highest BCUT2D eigenvalue weighted by Gasteiger charge is 2.19. The fraction of sp³-hybridized carbons (Fsp3) is 0.696. The molecule has 0 aromatic heterocycles. The molecule has 1 fully saturated rings. The van der Waals surface area contributed by atoms with Crippen molar-refractivity contribution in [1.29, 1.82) is 0 Å². The zero-order chi connectivity index (χ0) is 21.2. The van der Waals surface area contributed by atoms with Crippen LogP contribution in [0.3, 0.4) is 0 Å². The van der Waals surface area contributed by atoms with E-state index in [9.17, 15) is 0 Å². The molecule has 2 rings (SSSR count). The second-order valence-corrected chi connectivity index (χ2v) is 8.35. The second-order valence-electron chi connectivity index (χ2n) is 8.35. The number of nitrogens with one attached hydrogen (secondary N) is 2. The Morgan fingerprint density at radius 3 is 2.57 bits per heavy atom. The first-order chi connectivity index (χ1) is 13.9. The van der Waals surface area contributed by atoms with E-state index in [0.717, 1.165) is 49.8 Å². The summed E-state index contributed by atoms with van der Waals surface area (Å²) in [6.07, 6.45) is 2.18. The maximum atomic E-state index is 6.19. The molecule has 0 saturated carbocycles. The van der Waals surface area contributed by atoms with E-state index in [1.807, 2.05) is 7.05 Å². The van der Waals surface area contributed by atoms with Gasteiger partial charge in [0.05, 0.1) is 13.2 Å². The van der Waals surface area contributed by atoms with E-state index in [0.29, 0.717) is 25.2 Å². The maximum absolute atomic E-state index is 6.19. The summed E-state index contributed by atoms with van der Waals surface area (Å²) in [6, 6.07) is 7.50. The van der Waals surface area contributed by atoms with Gasteiger partial charge in [-0.05, 0) is 52.7 Å². The summed E-state index contributed by atoms with van der Waals surface area (Å²) in [6.45, 7) is 15.2. The Morgan fingerprint density at radius 2 is 1.97 bits per heavy atom. The van der Waals surface area contributed by atoms with Gasteiger partial charge in [0.25, 0.3) is 0 Å². The number of halogens is 1. The Morgan fingerprint density at radius 1 is 1.23 bits per heavy atom. The smallest absolute Gasteiger partial charge is 0.191 e. The van der Waals surface area contributed by atoms with E-state index in [2.05, 4.69) is 73.3 Å². The highest BCUT2D eigenvalue weighted by atomic mass is 127. The fourth-order valence-corrected chi connectivity index (χ4v) is 3.68. The number of rotatable bonds is 10. The lowest BCUT2D eigenvalue weighted by Gasteiger charge is -2.30. The summed E-state index contributed by atoms with van der Waals surface area (Å²) in [7, 11) is 1.81. The van der Waals surface area contributed by atoms with Gasteiger partial charge in [-0.25, -0.2) is 0 Å². The molecule has 0 aliphatic carbocycles. The number of hydrogen-bond donors (Lipinski definition) is 2. The Bertz CT molecular complexity index is 638. The van der Waals surface area contributed by atoms with E-state index in [1.165, 1.54) is 5.56 Å². The van der Waals surface area contributed by atoms with Crippen molar-refractivity contribution >= 4 is 29.9 Å². The number of nitrogens with zero attached hydrogens (tertiary/aromatic N) is 2. The van der Waals surface area contributed by atoms with Crippen LogP contribution in [0, 0.1) is 6.92 Å². The van der Waals surface area contributed by atoms with Gasteiger partial charge >= 0.3 is 0 Å². The van der Waals surface area contributed by atoms with Crippen molar-refractivity contribution in [3.63, 3.8) is 0 Å². The molecule has 1 saturated heterocycles. The molecule has 1 atom stereocenters. The SMILES string of the molecule is CN=C(NCCCN(C(C)C)C(C)C)NCc1ccc(C)cc1OC1CCOC1.I. The van der Waals surface area contributed by atoms with Gasteiger partial charge in [0.1, 0.15) is 11.9 Å². The zero-order valence-electron chi connectivity index (χ0n) is 19.5. The van der Waals surface area contributed by atoms with Crippen molar-refractivity contribution in [3.05, 3.63) is 29.3 Å². The number of ether oxygens (including phenoxy) is 2. The van der Waals surface area contributed by atoms with Crippen molar-refractivity contribution in [1.82, 2.24) is 15.5 Å². The molecule has 7 heteroatoms. The Hall–Kier alpha value is -1.06. The van der Waals surface area contributed by atoms with Crippen LogP contribution in [0.5, 0.6) is 5.75 Å². The summed E-state index contributed by atoms with van der Waals surface area (Å²) in [4.78, 5) is 6.87. The molecule has 1 aliphatic rings. The molecule has 6 nitrogen and oxygen atoms in total. The van der Waals surface area contributed by atoms with Gasteiger partial charge in [-0.3, -0.25) is 9.89 Å². The molecular formula is C23H41IN4O2. The second kappa shape index (κ2) is 14.1. The molecule has 1 aromatic carbocycles. The molecule has 0 radical (unpaired) electrons. The number of guanidine groups is 1. The minimum absolute atomic E-state index is 0. The minimum Gasteiger partial charge on any atom is -0.488 e. The first kappa shape index (κ1) is 27.0. The van der Waals surface area contributed by atoms with Gasteiger partial charge in [0.2, 0.25) is 0 Å². The number of benzene rings is 1. The molecule has 1 unspecified atom stereocenters. The third kappa shape index (κ3) is 8.98. The van der Waals surface area contributed by atoms with Gasteiger partial charge in [0, 0.05) is 50.7 Å². The standard InChI is InChI=1S/C23H40N4O2.HI/c1-17(2)27(18(3)4)12-7-11-25-23(24-6)26-15-20-9-8-19(5)14-22(20)29-21-10-13-28-16-21;/h8-9,14,17-18,21H,7,10-13,15-16H2,1-6H3,(H2,24,25,26);1H. The molecule has 0 bridgehead atoms. The minimum atomic E-state index is 0. The number of aliphatic imine (C=N–C) groups is 1.